The SMILES string of the molecule is CCC(C(=O)NC1CC2CCC(C1)N2)c1cccc(C(F)(F)F)c1. The average Bonchev–Trinajstić information content (AvgIpc) is 2.86. The monoisotopic (exact) mass is 340 g/mol. The van der Waals surface area contributed by atoms with Crippen LogP contribution in [0.5, 0.6) is 0 Å². The van der Waals surface area contributed by atoms with Gasteiger partial charge in [-0.25, -0.2) is 0 Å². The van der Waals surface area contributed by atoms with Crippen LogP contribution < -0.4 is 10.6 Å². The van der Waals surface area contributed by atoms with Gasteiger partial charge in [0.15, 0.2) is 0 Å². The van der Waals surface area contributed by atoms with Gasteiger partial charge in [0, 0.05) is 18.1 Å². The first-order chi connectivity index (χ1) is 11.4. The fourth-order valence-corrected chi connectivity index (χ4v) is 3.98. The van der Waals surface area contributed by atoms with E-state index in [1.54, 1.807) is 6.07 Å². The zero-order valence-corrected chi connectivity index (χ0v) is 13.7. The summed E-state index contributed by atoms with van der Waals surface area (Å²) in [5.41, 5.74) is -0.270. The number of benzene rings is 1. The molecular formula is C18H23F3N2O. The molecule has 0 aromatic heterocycles. The van der Waals surface area contributed by atoms with Crippen molar-refractivity contribution in [2.75, 3.05) is 0 Å². The minimum absolute atomic E-state index is 0.121. The van der Waals surface area contributed by atoms with E-state index in [9.17, 15) is 18.0 Å². The summed E-state index contributed by atoms with van der Waals surface area (Å²) < 4.78 is 38.7. The highest BCUT2D eigenvalue weighted by molar-refractivity contribution is 5.84. The Morgan fingerprint density at radius 1 is 1.29 bits per heavy atom. The maximum atomic E-state index is 12.9. The topological polar surface area (TPSA) is 41.1 Å². The van der Waals surface area contributed by atoms with Crippen LogP contribution in [0.1, 0.15) is 56.1 Å². The number of hydrogen-bond acceptors (Lipinski definition) is 2. The van der Waals surface area contributed by atoms with E-state index < -0.39 is 17.7 Å². The van der Waals surface area contributed by atoms with Gasteiger partial charge in [0.25, 0.3) is 0 Å². The van der Waals surface area contributed by atoms with Crippen LogP contribution in [0, 0.1) is 0 Å². The molecule has 24 heavy (non-hydrogen) atoms. The van der Waals surface area contributed by atoms with Gasteiger partial charge in [-0.1, -0.05) is 25.1 Å². The molecule has 2 heterocycles. The lowest BCUT2D eigenvalue weighted by atomic mass is 9.92. The third-order valence-electron chi connectivity index (χ3n) is 5.16. The van der Waals surface area contributed by atoms with Crippen LogP contribution in [-0.2, 0) is 11.0 Å². The van der Waals surface area contributed by atoms with E-state index in [2.05, 4.69) is 10.6 Å². The van der Waals surface area contributed by atoms with E-state index in [1.165, 1.54) is 6.07 Å². The molecule has 1 amide bonds. The number of carbonyl (C=O) groups is 1. The molecule has 3 rings (SSSR count). The number of carbonyl (C=O) groups excluding carboxylic acids is 1. The highest BCUT2D eigenvalue weighted by Crippen LogP contribution is 2.32. The molecule has 132 valence electrons. The molecular weight excluding hydrogens is 317 g/mol. The number of nitrogens with one attached hydrogen (secondary N) is 2. The summed E-state index contributed by atoms with van der Waals surface area (Å²) >= 11 is 0. The predicted molar refractivity (Wildman–Crippen MR) is 85.6 cm³/mol. The third kappa shape index (κ3) is 3.74. The Labute approximate surface area is 140 Å². The molecule has 2 N–H and O–H groups in total. The molecule has 0 aliphatic carbocycles. The minimum Gasteiger partial charge on any atom is -0.353 e. The predicted octanol–water partition coefficient (Wildman–Crippen LogP) is 3.60. The van der Waals surface area contributed by atoms with E-state index in [1.807, 2.05) is 6.92 Å². The van der Waals surface area contributed by atoms with Gasteiger partial charge in [0.1, 0.15) is 0 Å². The summed E-state index contributed by atoms with van der Waals surface area (Å²) in [7, 11) is 0. The lowest BCUT2D eigenvalue weighted by Gasteiger charge is -2.31. The van der Waals surface area contributed by atoms with Gasteiger partial charge < -0.3 is 10.6 Å². The van der Waals surface area contributed by atoms with Crippen molar-refractivity contribution in [1.82, 2.24) is 10.6 Å². The summed E-state index contributed by atoms with van der Waals surface area (Å²) in [6.45, 7) is 1.83. The van der Waals surface area contributed by atoms with Crippen molar-refractivity contribution in [2.24, 2.45) is 0 Å². The van der Waals surface area contributed by atoms with Gasteiger partial charge in [0.2, 0.25) is 5.91 Å². The molecule has 2 aliphatic rings. The fourth-order valence-electron chi connectivity index (χ4n) is 3.98. The van der Waals surface area contributed by atoms with Crippen LogP contribution in [0.15, 0.2) is 24.3 Å². The lowest BCUT2D eigenvalue weighted by Crippen LogP contribution is -2.49. The fraction of sp³-hybridized carbons (Fsp3) is 0.611. The Morgan fingerprint density at radius 3 is 2.54 bits per heavy atom. The molecule has 2 aliphatic heterocycles. The molecule has 0 spiro atoms. The molecule has 2 bridgehead atoms. The van der Waals surface area contributed by atoms with Crippen LogP contribution in [0.3, 0.4) is 0 Å². The molecule has 0 radical (unpaired) electrons. The molecule has 2 fully saturated rings. The average molecular weight is 340 g/mol. The van der Waals surface area contributed by atoms with Gasteiger partial charge >= 0.3 is 6.18 Å². The normalized spacial score (nSPS) is 27.8. The highest BCUT2D eigenvalue weighted by atomic mass is 19.4. The Bertz CT molecular complexity index is 590. The first-order valence-corrected chi connectivity index (χ1v) is 8.60. The summed E-state index contributed by atoms with van der Waals surface area (Å²) in [6, 6.07) is 6.16. The number of alkyl halides is 3. The number of hydrogen-bond donors (Lipinski definition) is 2. The molecule has 1 aromatic carbocycles. The number of halogens is 3. The molecule has 3 atom stereocenters. The van der Waals surface area contributed by atoms with Crippen molar-refractivity contribution in [1.29, 1.82) is 0 Å². The minimum atomic E-state index is -4.39. The number of amides is 1. The first kappa shape index (κ1) is 17.3. The van der Waals surface area contributed by atoms with E-state index in [-0.39, 0.29) is 11.9 Å². The summed E-state index contributed by atoms with van der Waals surface area (Å²) in [5.74, 6) is -0.706. The lowest BCUT2D eigenvalue weighted by molar-refractivity contribution is -0.137. The second-order valence-electron chi connectivity index (χ2n) is 6.90. The molecule has 6 heteroatoms. The first-order valence-electron chi connectivity index (χ1n) is 8.60. The summed E-state index contributed by atoms with van der Waals surface area (Å²) in [5, 5.41) is 6.58. The van der Waals surface area contributed by atoms with Crippen molar-refractivity contribution in [3.63, 3.8) is 0 Å². The molecule has 0 saturated carbocycles. The van der Waals surface area contributed by atoms with Crippen molar-refractivity contribution in [2.45, 2.75) is 69.2 Å². The van der Waals surface area contributed by atoms with Crippen LogP contribution in [0.2, 0.25) is 0 Å². The Hall–Kier alpha value is -1.56. The van der Waals surface area contributed by atoms with Crippen LogP contribution in [0.25, 0.3) is 0 Å². The van der Waals surface area contributed by atoms with E-state index in [0.717, 1.165) is 37.8 Å². The van der Waals surface area contributed by atoms with Gasteiger partial charge in [-0.2, -0.15) is 13.2 Å². The number of fused-ring (bicyclic) bond motifs is 2. The number of piperidine rings is 1. The van der Waals surface area contributed by atoms with E-state index in [4.69, 9.17) is 0 Å². The van der Waals surface area contributed by atoms with Crippen molar-refractivity contribution >= 4 is 5.91 Å². The summed E-state index contributed by atoms with van der Waals surface area (Å²) in [6.07, 6.45) is 0.177. The van der Waals surface area contributed by atoms with Crippen molar-refractivity contribution < 1.29 is 18.0 Å². The van der Waals surface area contributed by atoms with E-state index >= 15 is 0 Å². The second-order valence-corrected chi connectivity index (χ2v) is 6.90. The smallest absolute Gasteiger partial charge is 0.353 e. The molecule has 3 unspecified atom stereocenters. The zero-order chi connectivity index (χ0) is 17.3. The Morgan fingerprint density at radius 2 is 1.96 bits per heavy atom. The van der Waals surface area contributed by atoms with Crippen molar-refractivity contribution in [3.05, 3.63) is 35.4 Å². The summed E-state index contributed by atoms with van der Waals surface area (Å²) in [4.78, 5) is 12.6. The van der Waals surface area contributed by atoms with Crippen molar-refractivity contribution in [3.8, 4) is 0 Å². The largest absolute Gasteiger partial charge is 0.416 e. The maximum Gasteiger partial charge on any atom is 0.416 e. The van der Waals surface area contributed by atoms with Gasteiger partial charge in [-0.05, 0) is 43.7 Å². The zero-order valence-electron chi connectivity index (χ0n) is 13.7. The Balaban J connectivity index is 1.70. The van der Waals surface area contributed by atoms with E-state index in [0.29, 0.717) is 24.1 Å². The van der Waals surface area contributed by atoms with Crippen LogP contribution >= 0.6 is 0 Å². The molecule has 1 aromatic rings. The number of rotatable bonds is 4. The van der Waals surface area contributed by atoms with Gasteiger partial charge in [0.05, 0.1) is 11.5 Å². The Kier molecular flexibility index (Phi) is 4.85. The quantitative estimate of drug-likeness (QED) is 0.879. The van der Waals surface area contributed by atoms with Crippen LogP contribution in [-0.4, -0.2) is 24.0 Å². The molecule has 2 saturated heterocycles. The standard InChI is InChI=1S/C18H23F3N2O/c1-2-16(11-4-3-5-12(8-11)18(19,20)21)17(24)23-15-9-13-6-7-14(10-15)22-13/h3-5,8,13-16,22H,2,6-7,9-10H2,1H3,(H,23,24). The van der Waals surface area contributed by atoms with Gasteiger partial charge in [-0.3, -0.25) is 4.79 Å². The highest BCUT2D eigenvalue weighted by Gasteiger charge is 2.35. The second kappa shape index (κ2) is 6.75. The third-order valence-corrected chi connectivity index (χ3v) is 5.16. The maximum absolute atomic E-state index is 12.9. The van der Waals surface area contributed by atoms with Gasteiger partial charge in [-0.15, -0.1) is 0 Å². The van der Waals surface area contributed by atoms with Crippen LogP contribution in [0.4, 0.5) is 13.2 Å². The molecule has 3 nitrogen and oxygen atoms in total.